The average Bonchev–Trinajstić information content (AvgIpc) is 2.54. The number of nitro groups is 1. The van der Waals surface area contributed by atoms with Crippen LogP contribution < -0.4 is 0 Å². The molecule has 0 saturated carbocycles. The topological polar surface area (TPSA) is 60.2 Å². The van der Waals surface area contributed by atoms with E-state index >= 15 is 0 Å². The van der Waals surface area contributed by atoms with Crippen molar-refractivity contribution >= 4 is 21.7 Å². The van der Waals surface area contributed by atoms with E-state index in [0.29, 0.717) is 4.47 Å². The van der Waals surface area contributed by atoms with Crippen molar-refractivity contribution in [3.8, 4) is 0 Å². The summed E-state index contributed by atoms with van der Waals surface area (Å²) >= 11 is 3.18. The Bertz CT molecular complexity index is 763. The molecule has 0 aliphatic rings. The molecule has 1 atom stereocenters. The van der Waals surface area contributed by atoms with Gasteiger partial charge in [-0.3, -0.25) is 14.9 Å². The van der Waals surface area contributed by atoms with Crippen LogP contribution in [0.5, 0.6) is 0 Å². The molecule has 0 aromatic heterocycles. The Balaban J connectivity index is 2.52. The summed E-state index contributed by atoms with van der Waals surface area (Å²) in [4.78, 5) is 22.4. The highest BCUT2D eigenvalue weighted by atomic mass is 79.9. The molecule has 4 nitrogen and oxygen atoms in total. The number of rotatable bonds is 6. The Hall–Kier alpha value is -2.22. The lowest BCUT2D eigenvalue weighted by molar-refractivity contribution is -0.501. The van der Waals surface area contributed by atoms with Gasteiger partial charge in [0.25, 0.3) is 0 Å². The van der Waals surface area contributed by atoms with Crippen LogP contribution in [0.15, 0.2) is 59.1 Å². The normalized spacial score (nSPS) is 13.9. The summed E-state index contributed by atoms with van der Waals surface area (Å²) in [6.45, 7) is -1.41. The minimum Gasteiger partial charge on any atom is -0.294 e. The van der Waals surface area contributed by atoms with E-state index in [1.807, 2.05) is 0 Å². The third-order valence-corrected chi connectivity index (χ3v) is 4.43. The van der Waals surface area contributed by atoms with Crippen molar-refractivity contribution in [2.45, 2.75) is 18.0 Å². The van der Waals surface area contributed by atoms with Crippen LogP contribution in [0.4, 0.5) is 13.2 Å². The van der Waals surface area contributed by atoms with Gasteiger partial charge in [0, 0.05) is 21.4 Å². The molecular formula is C17H13BrF3NO3. The van der Waals surface area contributed by atoms with Crippen molar-refractivity contribution in [2.75, 3.05) is 6.54 Å². The fourth-order valence-corrected chi connectivity index (χ4v) is 2.86. The number of nitrogens with zero attached hydrogens (tertiary/aromatic N) is 1. The second kappa shape index (κ2) is 7.35. The predicted octanol–water partition coefficient (Wildman–Crippen LogP) is 4.80. The maximum absolute atomic E-state index is 13.9. The molecule has 0 aliphatic carbocycles. The first-order valence-electron chi connectivity index (χ1n) is 7.18. The van der Waals surface area contributed by atoms with Crippen molar-refractivity contribution in [3.63, 3.8) is 0 Å². The van der Waals surface area contributed by atoms with Crippen molar-refractivity contribution in [1.29, 1.82) is 0 Å². The zero-order valence-electron chi connectivity index (χ0n) is 12.8. The number of carbonyl (C=O) groups excluding carboxylic acids is 1. The summed E-state index contributed by atoms with van der Waals surface area (Å²) in [5.41, 5.74) is -3.12. The van der Waals surface area contributed by atoms with Gasteiger partial charge in [0.2, 0.25) is 6.54 Å². The molecule has 0 fully saturated rings. The van der Waals surface area contributed by atoms with E-state index < -0.39 is 35.3 Å². The zero-order valence-corrected chi connectivity index (χ0v) is 14.4. The number of hydrogen-bond acceptors (Lipinski definition) is 3. The highest BCUT2D eigenvalue weighted by Gasteiger charge is 2.60. The van der Waals surface area contributed by atoms with Crippen molar-refractivity contribution in [2.24, 2.45) is 0 Å². The summed E-state index contributed by atoms with van der Waals surface area (Å²) in [7, 11) is 0. The third-order valence-electron chi connectivity index (χ3n) is 3.90. The van der Waals surface area contributed by atoms with E-state index in [1.165, 1.54) is 42.5 Å². The molecule has 0 bridgehead atoms. The first-order valence-corrected chi connectivity index (χ1v) is 7.98. The minimum atomic E-state index is -4.97. The Morgan fingerprint density at radius 3 is 2.08 bits per heavy atom. The standard InChI is InChI=1S/C17H13BrF3NO3/c18-14-8-6-12(7-9-14)15(23)10-16(11-22(24)25,17(19,20)21)13-4-2-1-3-5-13/h1-9H,10-11H2/t16-/m0/s1. The second-order valence-electron chi connectivity index (χ2n) is 5.54. The van der Waals surface area contributed by atoms with Crippen LogP contribution in [-0.4, -0.2) is 23.4 Å². The molecule has 25 heavy (non-hydrogen) atoms. The van der Waals surface area contributed by atoms with Gasteiger partial charge in [-0.1, -0.05) is 58.4 Å². The van der Waals surface area contributed by atoms with Gasteiger partial charge in [0.1, 0.15) is 0 Å². The molecule has 2 rings (SSSR count). The molecule has 0 saturated heterocycles. The van der Waals surface area contributed by atoms with Gasteiger partial charge in [0.15, 0.2) is 11.2 Å². The SMILES string of the molecule is O=C(C[C@](C[N+](=O)[O-])(c1ccccc1)C(F)(F)F)c1ccc(Br)cc1. The summed E-state index contributed by atoms with van der Waals surface area (Å²) in [5.74, 6) is -0.810. The summed E-state index contributed by atoms with van der Waals surface area (Å²) < 4.78 is 42.4. The highest BCUT2D eigenvalue weighted by molar-refractivity contribution is 9.10. The fourth-order valence-electron chi connectivity index (χ4n) is 2.59. The van der Waals surface area contributed by atoms with Crippen molar-refractivity contribution in [1.82, 2.24) is 0 Å². The Morgan fingerprint density at radius 2 is 1.60 bits per heavy atom. The molecule has 0 amide bonds. The predicted molar refractivity (Wildman–Crippen MR) is 89.1 cm³/mol. The fraction of sp³-hybridized carbons (Fsp3) is 0.235. The average molecular weight is 416 g/mol. The molecule has 2 aromatic rings. The van der Waals surface area contributed by atoms with Gasteiger partial charge in [-0.25, -0.2) is 0 Å². The maximum Gasteiger partial charge on any atom is 0.405 e. The van der Waals surface area contributed by atoms with Gasteiger partial charge in [-0.15, -0.1) is 0 Å². The summed E-state index contributed by atoms with van der Waals surface area (Å²) in [5, 5.41) is 11.0. The number of ketones is 1. The van der Waals surface area contributed by atoms with E-state index in [1.54, 1.807) is 0 Å². The number of alkyl halides is 3. The highest BCUT2D eigenvalue weighted by Crippen LogP contribution is 2.44. The summed E-state index contributed by atoms with van der Waals surface area (Å²) in [6, 6.07) is 12.4. The quantitative estimate of drug-likeness (QED) is 0.386. The zero-order chi connectivity index (χ0) is 18.7. The smallest absolute Gasteiger partial charge is 0.294 e. The van der Waals surface area contributed by atoms with Crippen LogP contribution in [0, 0.1) is 10.1 Å². The van der Waals surface area contributed by atoms with Gasteiger partial charge < -0.3 is 0 Å². The lowest BCUT2D eigenvalue weighted by Crippen LogP contribution is -2.49. The van der Waals surface area contributed by atoms with Crippen LogP contribution in [0.2, 0.25) is 0 Å². The van der Waals surface area contributed by atoms with E-state index in [-0.39, 0.29) is 11.1 Å². The van der Waals surface area contributed by atoms with Gasteiger partial charge in [-0.05, 0) is 17.7 Å². The number of halogens is 4. The maximum atomic E-state index is 13.9. The molecule has 0 aliphatic heterocycles. The van der Waals surface area contributed by atoms with Crippen LogP contribution in [0.3, 0.4) is 0 Å². The molecule has 0 unspecified atom stereocenters. The van der Waals surface area contributed by atoms with Crippen LogP contribution in [-0.2, 0) is 5.41 Å². The number of carbonyl (C=O) groups is 1. The molecule has 0 spiro atoms. The Labute approximate surface area is 149 Å². The molecular weight excluding hydrogens is 403 g/mol. The van der Waals surface area contributed by atoms with Gasteiger partial charge in [0.05, 0.1) is 0 Å². The van der Waals surface area contributed by atoms with Crippen LogP contribution in [0.1, 0.15) is 22.3 Å². The molecule has 132 valence electrons. The first kappa shape index (κ1) is 19.1. The third kappa shape index (κ3) is 4.25. The van der Waals surface area contributed by atoms with Crippen molar-refractivity contribution in [3.05, 3.63) is 80.3 Å². The first-order chi connectivity index (χ1) is 11.7. The number of Topliss-reactive ketones (excluding diaryl/α,β-unsaturated/α-hetero) is 1. The van der Waals surface area contributed by atoms with Gasteiger partial charge >= 0.3 is 6.18 Å². The molecule has 8 heteroatoms. The number of benzene rings is 2. The van der Waals surface area contributed by atoms with Gasteiger partial charge in [-0.2, -0.15) is 13.2 Å². The largest absolute Gasteiger partial charge is 0.405 e. The number of hydrogen-bond donors (Lipinski definition) is 0. The Kier molecular flexibility index (Phi) is 5.62. The van der Waals surface area contributed by atoms with E-state index in [2.05, 4.69) is 15.9 Å². The minimum absolute atomic E-state index is 0.0658. The van der Waals surface area contributed by atoms with Crippen LogP contribution in [0.25, 0.3) is 0 Å². The van der Waals surface area contributed by atoms with Crippen molar-refractivity contribution < 1.29 is 22.9 Å². The lowest BCUT2D eigenvalue weighted by Gasteiger charge is -2.32. The summed E-state index contributed by atoms with van der Waals surface area (Å²) in [6.07, 6.45) is -6.00. The van der Waals surface area contributed by atoms with Crippen LogP contribution >= 0.6 is 15.9 Å². The molecule has 0 radical (unpaired) electrons. The lowest BCUT2D eigenvalue weighted by atomic mass is 9.74. The van der Waals surface area contributed by atoms with E-state index in [0.717, 1.165) is 12.1 Å². The molecule has 2 aromatic carbocycles. The van der Waals surface area contributed by atoms with E-state index in [4.69, 9.17) is 0 Å². The second-order valence-corrected chi connectivity index (χ2v) is 6.46. The Morgan fingerprint density at radius 1 is 1.04 bits per heavy atom. The molecule has 0 heterocycles. The van der Waals surface area contributed by atoms with E-state index in [9.17, 15) is 28.1 Å². The monoisotopic (exact) mass is 415 g/mol. The molecule has 0 N–H and O–H groups in total.